The van der Waals surface area contributed by atoms with Crippen LogP contribution in [0.25, 0.3) is 0 Å². The summed E-state index contributed by atoms with van der Waals surface area (Å²) in [5.74, 6) is 2.04. The first-order chi connectivity index (χ1) is 9.40. The lowest BCUT2D eigenvalue weighted by Gasteiger charge is -2.08. The van der Waals surface area contributed by atoms with Gasteiger partial charge in [0.15, 0.2) is 0 Å². The van der Waals surface area contributed by atoms with Gasteiger partial charge in [-0.25, -0.2) is 4.98 Å². The molecule has 4 heteroatoms. The van der Waals surface area contributed by atoms with E-state index >= 15 is 0 Å². The van der Waals surface area contributed by atoms with E-state index in [-0.39, 0.29) is 0 Å². The molecule has 102 valence electrons. The fourth-order valence-corrected chi connectivity index (χ4v) is 1.97. The Hall–Kier alpha value is -1.81. The van der Waals surface area contributed by atoms with Gasteiger partial charge in [0.2, 0.25) is 0 Å². The third-order valence-electron chi connectivity index (χ3n) is 2.96. The highest BCUT2D eigenvalue weighted by Crippen LogP contribution is 2.09. The predicted octanol–water partition coefficient (Wildman–Crippen LogP) is 2.24. The number of para-hydroxylation sites is 1. The van der Waals surface area contributed by atoms with E-state index in [0.717, 1.165) is 43.9 Å². The van der Waals surface area contributed by atoms with Crippen molar-refractivity contribution >= 4 is 0 Å². The molecule has 19 heavy (non-hydrogen) atoms. The molecule has 0 atom stereocenters. The van der Waals surface area contributed by atoms with Crippen molar-refractivity contribution in [3.05, 3.63) is 48.5 Å². The minimum absolute atomic E-state index is 0.716. The van der Waals surface area contributed by atoms with Crippen LogP contribution in [-0.4, -0.2) is 22.7 Å². The van der Waals surface area contributed by atoms with E-state index in [1.54, 1.807) is 0 Å². The minimum atomic E-state index is 0.716. The number of nitrogens with zero attached hydrogens (tertiary/aromatic N) is 2. The molecule has 0 saturated heterocycles. The fourth-order valence-electron chi connectivity index (χ4n) is 1.97. The van der Waals surface area contributed by atoms with Crippen molar-refractivity contribution in [2.45, 2.75) is 25.8 Å². The molecule has 0 aliphatic carbocycles. The highest BCUT2D eigenvalue weighted by Gasteiger charge is 2.02. The Bertz CT molecular complexity index is 467. The predicted molar refractivity (Wildman–Crippen MR) is 76.2 cm³/mol. The Morgan fingerprint density at radius 2 is 2.00 bits per heavy atom. The smallest absolute Gasteiger partial charge is 0.119 e. The molecule has 0 amide bonds. The summed E-state index contributed by atoms with van der Waals surface area (Å²) in [4.78, 5) is 4.38. The number of benzene rings is 1. The summed E-state index contributed by atoms with van der Waals surface area (Å²) in [7, 11) is 0. The summed E-state index contributed by atoms with van der Waals surface area (Å²) in [6.45, 7) is 2.38. The van der Waals surface area contributed by atoms with Crippen LogP contribution in [0.1, 0.15) is 18.7 Å². The maximum atomic E-state index is 5.67. The van der Waals surface area contributed by atoms with Crippen LogP contribution in [0.3, 0.4) is 0 Å². The standard InChI is InChI=1S/C15H21N3O/c16-9-5-11-18-12-10-17-15(18)8-4-13-19-14-6-2-1-3-7-14/h1-3,6-7,10,12H,4-5,8-9,11,13,16H2. The summed E-state index contributed by atoms with van der Waals surface area (Å²) in [6.07, 6.45) is 6.76. The Morgan fingerprint density at radius 3 is 2.79 bits per heavy atom. The van der Waals surface area contributed by atoms with Gasteiger partial charge < -0.3 is 15.0 Å². The molecule has 2 N–H and O–H groups in total. The Labute approximate surface area is 114 Å². The second kappa shape index (κ2) is 7.59. The van der Waals surface area contributed by atoms with Crippen molar-refractivity contribution in [1.29, 1.82) is 0 Å². The van der Waals surface area contributed by atoms with Gasteiger partial charge in [0.1, 0.15) is 11.6 Å². The van der Waals surface area contributed by atoms with Gasteiger partial charge in [0, 0.05) is 25.4 Å². The van der Waals surface area contributed by atoms with Crippen molar-refractivity contribution in [3.8, 4) is 5.75 Å². The highest BCUT2D eigenvalue weighted by atomic mass is 16.5. The molecule has 0 aliphatic rings. The summed E-state index contributed by atoms with van der Waals surface area (Å²) in [5.41, 5.74) is 5.53. The van der Waals surface area contributed by atoms with E-state index in [0.29, 0.717) is 6.61 Å². The van der Waals surface area contributed by atoms with Crippen LogP contribution >= 0.6 is 0 Å². The third-order valence-corrected chi connectivity index (χ3v) is 2.96. The minimum Gasteiger partial charge on any atom is -0.494 e. The Kier molecular flexibility index (Phi) is 5.44. The molecule has 0 saturated carbocycles. The molecule has 0 spiro atoms. The topological polar surface area (TPSA) is 53.1 Å². The lowest BCUT2D eigenvalue weighted by Crippen LogP contribution is -2.09. The van der Waals surface area contributed by atoms with E-state index < -0.39 is 0 Å². The van der Waals surface area contributed by atoms with Crippen LogP contribution in [0.15, 0.2) is 42.7 Å². The zero-order valence-electron chi connectivity index (χ0n) is 11.2. The zero-order valence-corrected chi connectivity index (χ0v) is 11.2. The lowest BCUT2D eigenvalue weighted by atomic mass is 10.3. The molecule has 0 bridgehead atoms. The molecule has 1 aromatic carbocycles. The normalized spacial score (nSPS) is 10.6. The summed E-state index contributed by atoms with van der Waals surface area (Å²) >= 11 is 0. The van der Waals surface area contributed by atoms with Crippen LogP contribution in [0.2, 0.25) is 0 Å². The first kappa shape index (κ1) is 13.6. The number of nitrogens with two attached hydrogens (primary N) is 1. The molecule has 2 aromatic rings. The SMILES string of the molecule is NCCCn1ccnc1CCCOc1ccccc1. The molecule has 0 unspecified atom stereocenters. The number of imidazole rings is 1. The van der Waals surface area contributed by atoms with Gasteiger partial charge >= 0.3 is 0 Å². The number of aromatic nitrogens is 2. The third kappa shape index (κ3) is 4.41. The molecule has 1 aromatic heterocycles. The average Bonchev–Trinajstić information content (AvgIpc) is 2.90. The van der Waals surface area contributed by atoms with Gasteiger partial charge in [-0.3, -0.25) is 0 Å². The number of aryl methyl sites for hydroxylation is 2. The molecule has 4 nitrogen and oxygen atoms in total. The lowest BCUT2D eigenvalue weighted by molar-refractivity contribution is 0.309. The van der Waals surface area contributed by atoms with E-state index in [9.17, 15) is 0 Å². The summed E-state index contributed by atoms with van der Waals surface area (Å²) in [5, 5.41) is 0. The van der Waals surface area contributed by atoms with Gasteiger partial charge in [-0.1, -0.05) is 18.2 Å². The van der Waals surface area contributed by atoms with Gasteiger partial charge in [-0.05, 0) is 31.5 Å². The van der Waals surface area contributed by atoms with Crippen LogP contribution in [0.4, 0.5) is 0 Å². The van der Waals surface area contributed by atoms with E-state index in [1.165, 1.54) is 0 Å². The molecule has 2 rings (SSSR count). The Morgan fingerprint density at radius 1 is 1.16 bits per heavy atom. The fraction of sp³-hybridized carbons (Fsp3) is 0.400. The van der Waals surface area contributed by atoms with Crippen LogP contribution in [0, 0.1) is 0 Å². The largest absolute Gasteiger partial charge is 0.494 e. The molecule has 1 heterocycles. The van der Waals surface area contributed by atoms with Gasteiger partial charge in [-0.15, -0.1) is 0 Å². The molecule has 0 fully saturated rings. The molecular formula is C15H21N3O. The molecular weight excluding hydrogens is 238 g/mol. The van der Waals surface area contributed by atoms with Crippen LogP contribution in [-0.2, 0) is 13.0 Å². The van der Waals surface area contributed by atoms with E-state index in [2.05, 4.69) is 9.55 Å². The van der Waals surface area contributed by atoms with Gasteiger partial charge in [0.05, 0.1) is 6.61 Å². The molecule has 0 aliphatic heterocycles. The summed E-state index contributed by atoms with van der Waals surface area (Å²) < 4.78 is 7.84. The van der Waals surface area contributed by atoms with Crippen LogP contribution < -0.4 is 10.5 Å². The van der Waals surface area contributed by atoms with Crippen molar-refractivity contribution < 1.29 is 4.74 Å². The second-order valence-electron chi connectivity index (χ2n) is 4.44. The van der Waals surface area contributed by atoms with Crippen molar-refractivity contribution in [2.24, 2.45) is 5.73 Å². The van der Waals surface area contributed by atoms with Gasteiger partial charge in [0.25, 0.3) is 0 Å². The maximum absolute atomic E-state index is 5.67. The number of hydrogen-bond acceptors (Lipinski definition) is 3. The van der Waals surface area contributed by atoms with Crippen molar-refractivity contribution in [3.63, 3.8) is 0 Å². The first-order valence-corrected chi connectivity index (χ1v) is 6.78. The number of ether oxygens (including phenoxy) is 1. The van der Waals surface area contributed by atoms with E-state index in [4.69, 9.17) is 10.5 Å². The number of hydrogen-bond donors (Lipinski definition) is 1. The summed E-state index contributed by atoms with van der Waals surface area (Å²) in [6, 6.07) is 9.90. The monoisotopic (exact) mass is 259 g/mol. The first-order valence-electron chi connectivity index (χ1n) is 6.78. The highest BCUT2D eigenvalue weighted by molar-refractivity contribution is 5.20. The van der Waals surface area contributed by atoms with Crippen molar-refractivity contribution in [1.82, 2.24) is 9.55 Å². The quantitative estimate of drug-likeness (QED) is 0.740. The van der Waals surface area contributed by atoms with E-state index in [1.807, 2.05) is 42.7 Å². The zero-order chi connectivity index (χ0) is 13.3. The van der Waals surface area contributed by atoms with Crippen molar-refractivity contribution in [2.75, 3.05) is 13.2 Å². The number of rotatable bonds is 8. The second-order valence-corrected chi connectivity index (χ2v) is 4.44. The average molecular weight is 259 g/mol. The maximum Gasteiger partial charge on any atom is 0.119 e. The molecule has 0 radical (unpaired) electrons. The van der Waals surface area contributed by atoms with Gasteiger partial charge in [-0.2, -0.15) is 0 Å². The Balaban J connectivity index is 1.72. The van der Waals surface area contributed by atoms with Crippen LogP contribution in [0.5, 0.6) is 5.75 Å².